The third kappa shape index (κ3) is 4.83. The van der Waals surface area contributed by atoms with Gasteiger partial charge in [-0.1, -0.05) is 23.2 Å². The van der Waals surface area contributed by atoms with E-state index in [1.54, 1.807) is 0 Å². The molecule has 1 heterocycles. The second-order valence-corrected chi connectivity index (χ2v) is 6.27. The topological polar surface area (TPSA) is 96.0 Å². The summed E-state index contributed by atoms with van der Waals surface area (Å²) < 4.78 is 4.96. The summed E-state index contributed by atoms with van der Waals surface area (Å²) >= 11 is 11.7. The third-order valence-corrected chi connectivity index (χ3v) is 3.76. The van der Waals surface area contributed by atoms with E-state index in [9.17, 15) is 19.2 Å². The fourth-order valence-electron chi connectivity index (χ4n) is 2.11. The highest BCUT2D eigenvalue weighted by molar-refractivity contribution is 6.35. The highest BCUT2D eigenvalue weighted by Gasteiger charge is 2.35. The van der Waals surface area contributed by atoms with E-state index < -0.39 is 36.5 Å². The van der Waals surface area contributed by atoms with Gasteiger partial charge in [-0.3, -0.25) is 19.3 Å². The van der Waals surface area contributed by atoms with Crippen LogP contribution in [0.15, 0.2) is 18.2 Å². The normalized spacial score (nSPS) is 15.4. The predicted molar refractivity (Wildman–Crippen MR) is 90.4 cm³/mol. The Labute approximate surface area is 153 Å². The molecule has 1 aliphatic rings. The van der Waals surface area contributed by atoms with E-state index in [2.05, 4.69) is 5.32 Å². The number of nitrogens with one attached hydrogen (secondary N) is 1. The molecule has 0 aromatic heterocycles. The van der Waals surface area contributed by atoms with Crippen LogP contribution in [0.5, 0.6) is 0 Å². The van der Waals surface area contributed by atoms with Gasteiger partial charge in [-0.15, -0.1) is 0 Å². The van der Waals surface area contributed by atoms with Crippen molar-refractivity contribution in [2.75, 3.05) is 25.5 Å². The van der Waals surface area contributed by atoms with Gasteiger partial charge in [-0.25, -0.2) is 4.79 Å². The maximum Gasteiger partial charge on any atom is 0.327 e. The predicted octanol–water partition coefficient (Wildman–Crippen LogP) is 1.76. The first-order valence-electron chi connectivity index (χ1n) is 7.19. The van der Waals surface area contributed by atoms with Gasteiger partial charge in [-0.05, 0) is 25.1 Å². The smallest absolute Gasteiger partial charge is 0.327 e. The number of nitrogens with zero attached hydrogens (tertiary/aromatic N) is 2. The number of hydrogen-bond acceptors (Lipinski definition) is 5. The largest absolute Gasteiger partial charge is 0.451 e. The molecule has 134 valence electrons. The summed E-state index contributed by atoms with van der Waals surface area (Å²) in [5, 5.41) is 3.18. The number of halogens is 2. The molecule has 1 fully saturated rings. The number of rotatable bonds is 5. The summed E-state index contributed by atoms with van der Waals surface area (Å²) in [6, 6.07) is 3.88. The Morgan fingerprint density at radius 2 is 1.84 bits per heavy atom. The number of likely N-dealkylation sites (N-methyl/N-ethyl adjacent to an activating group) is 1. The van der Waals surface area contributed by atoms with Crippen LogP contribution in [0.2, 0.25) is 10.0 Å². The Morgan fingerprint density at radius 1 is 1.24 bits per heavy atom. The van der Waals surface area contributed by atoms with Gasteiger partial charge in [0.15, 0.2) is 6.10 Å². The minimum absolute atomic E-state index is 0.0995. The van der Waals surface area contributed by atoms with E-state index >= 15 is 0 Å². The van der Waals surface area contributed by atoms with Gasteiger partial charge in [0.2, 0.25) is 0 Å². The number of amides is 4. The molecule has 0 unspecified atom stereocenters. The monoisotopic (exact) mass is 387 g/mol. The van der Waals surface area contributed by atoms with E-state index in [4.69, 9.17) is 27.9 Å². The SMILES string of the molecule is C[C@H](OC(=O)CN1C(=O)CN(C)C1=O)C(=O)Nc1cc(Cl)cc(Cl)c1. The van der Waals surface area contributed by atoms with E-state index in [1.807, 2.05) is 0 Å². The lowest BCUT2D eigenvalue weighted by atomic mass is 10.3. The molecule has 0 bridgehead atoms. The summed E-state index contributed by atoms with van der Waals surface area (Å²) in [7, 11) is 1.44. The molecule has 0 saturated carbocycles. The van der Waals surface area contributed by atoms with E-state index in [0.717, 1.165) is 4.90 Å². The Kier molecular flexibility index (Phi) is 5.86. The lowest BCUT2D eigenvalue weighted by Crippen LogP contribution is -2.39. The molecule has 1 N–H and O–H groups in total. The van der Waals surface area contributed by atoms with Crippen molar-refractivity contribution in [3.8, 4) is 0 Å². The van der Waals surface area contributed by atoms with Crippen molar-refractivity contribution in [1.29, 1.82) is 0 Å². The number of benzene rings is 1. The molecule has 1 atom stereocenters. The molecule has 0 radical (unpaired) electrons. The number of imide groups is 1. The van der Waals surface area contributed by atoms with Crippen LogP contribution in [0.25, 0.3) is 0 Å². The van der Waals surface area contributed by atoms with Crippen LogP contribution in [0.4, 0.5) is 10.5 Å². The Morgan fingerprint density at radius 3 is 2.36 bits per heavy atom. The molecule has 0 spiro atoms. The molecule has 2 rings (SSSR count). The van der Waals surface area contributed by atoms with Gasteiger partial charge in [0, 0.05) is 22.8 Å². The molecule has 10 heteroatoms. The minimum atomic E-state index is -1.14. The van der Waals surface area contributed by atoms with Crippen molar-refractivity contribution in [1.82, 2.24) is 9.80 Å². The minimum Gasteiger partial charge on any atom is -0.451 e. The number of esters is 1. The lowest BCUT2D eigenvalue weighted by molar-refractivity contribution is -0.154. The van der Waals surface area contributed by atoms with Crippen molar-refractivity contribution < 1.29 is 23.9 Å². The third-order valence-electron chi connectivity index (χ3n) is 3.33. The van der Waals surface area contributed by atoms with Crippen molar-refractivity contribution >= 4 is 52.7 Å². The maximum atomic E-state index is 12.1. The molecule has 1 aliphatic heterocycles. The number of hydrogen-bond donors (Lipinski definition) is 1. The molecule has 8 nitrogen and oxygen atoms in total. The Bertz CT molecular complexity index is 720. The number of ether oxygens (including phenoxy) is 1. The van der Waals surface area contributed by atoms with E-state index in [1.165, 1.54) is 37.1 Å². The summed E-state index contributed by atoms with van der Waals surface area (Å²) in [6.07, 6.45) is -1.14. The standard InChI is InChI=1S/C15H15Cl2N3O5/c1-8(14(23)18-11-4-9(16)3-10(17)5-11)25-13(22)7-20-12(21)6-19(2)15(20)24/h3-5,8H,6-7H2,1-2H3,(H,18,23)/t8-/m0/s1. The highest BCUT2D eigenvalue weighted by atomic mass is 35.5. The van der Waals surface area contributed by atoms with Gasteiger partial charge in [0.05, 0.1) is 0 Å². The van der Waals surface area contributed by atoms with Gasteiger partial charge in [-0.2, -0.15) is 0 Å². The zero-order chi connectivity index (χ0) is 18.7. The first-order valence-corrected chi connectivity index (χ1v) is 7.95. The number of anilines is 1. The summed E-state index contributed by atoms with van der Waals surface area (Å²) in [5.74, 6) is -1.98. The Hall–Kier alpha value is -2.32. The van der Waals surface area contributed by atoms with E-state index in [-0.39, 0.29) is 6.54 Å². The number of carbonyl (C=O) groups excluding carboxylic acids is 4. The quantitative estimate of drug-likeness (QED) is 0.613. The molecule has 0 aliphatic carbocycles. The van der Waals surface area contributed by atoms with Gasteiger partial charge >= 0.3 is 12.0 Å². The van der Waals surface area contributed by atoms with Crippen LogP contribution in [0, 0.1) is 0 Å². The van der Waals surface area contributed by atoms with E-state index in [0.29, 0.717) is 15.7 Å². The first-order chi connectivity index (χ1) is 11.7. The lowest BCUT2D eigenvalue weighted by Gasteiger charge is -2.17. The molecule has 1 aromatic rings. The summed E-state index contributed by atoms with van der Waals surface area (Å²) in [4.78, 5) is 49.2. The van der Waals surface area contributed by atoms with Crippen LogP contribution < -0.4 is 5.32 Å². The average Bonchev–Trinajstić information content (AvgIpc) is 2.72. The zero-order valence-corrected chi connectivity index (χ0v) is 14.9. The molecular weight excluding hydrogens is 373 g/mol. The van der Waals surface area contributed by atoms with Gasteiger partial charge in [0.1, 0.15) is 13.1 Å². The summed E-state index contributed by atoms with van der Waals surface area (Å²) in [5.41, 5.74) is 0.344. The molecule has 1 aromatic carbocycles. The highest BCUT2D eigenvalue weighted by Crippen LogP contribution is 2.22. The van der Waals surface area contributed by atoms with Crippen LogP contribution in [0.3, 0.4) is 0 Å². The van der Waals surface area contributed by atoms with Crippen LogP contribution in [-0.2, 0) is 19.1 Å². The molecular formula is C15H15Cl2N3O5. The van der Waals surface area contributed by atoms with Crippen LogP contribution >= 0.6 is 23.2 Å². The number of carbonyl (C=O) groups is 4. The maximum absolute atomic E-state index is 12.1. The fourth-order valence-corrected chi connectivity index (χ4v) is 2.64. The number of urea groups is 1. The molecule has 1 saturated heterocycles. The molecule has 25 heavy (non-hydrogen) atoms. The second kappa shape index (κ2) is 7.71. The van der Waals surface area contributed by atoms with Crippen molar-refractivity contribution in [3.05, 3.63) is 28.2 Å². The Balaban J connectivity index is 1.91. The molecule has 4 amide bonds. The average molecular weight is 388 g/mol. The second-order valence-electron chi connectivity index (χ2n) is 5.40. The first kappa shape index (κ1) is 19.0. The van der Waals surface area contributed by atoms with Crippen molar-refractivity contribution in [2.45, 2.75) is 13.0 Å². The zero-order valence-electron chi connectivity index (χ0n) is 13.4. The fraction of sp³-hybridized carbons (Fsp3) is 0.333. The van der Waals surface area contributed by atoms with Crippen LogP contribution in [-0.4, -0.2) is 59.9 Å². The summed E-state index contributed by atoms with van der Waals surface area (Å²) in [6.45, 7) is 0.708. The van der Waals surface area contributed by atoms with Crippen molar-refractivity contribution in [3.63, 3.8) is 0 Å². The van der Waals surface area contributed by atoms with Crippen molar-refractivity contribution in [2.24, 2.45) is 0 Å². The van der Waals surface area contributed by atoms with Crippen LogP contribution in [0.1, 0.15) is 6.92 Å². The van der Waals surface area contributed by atoms with Gasteiger partial charge < -0.3 is 15.0 Å². The van der Waals surface area contributed by atoms with Gasteiger partial charge in [0.25, 0.3) is 11.8 Å².